The second-order valence-corrected chi connectivity index (χ2v) is 3.85. The Morgan fingerprint density at radius 3 is 2.67 bits per heavy atom. The summed E-state index contributed by atoms with van der Waals surface area (Å²) in [5.74, 6) is 0. The molecule has 0 fully saturated rings. The number of nitrogens with one attached hydrogen (secondary N) is 1. The molecule has 0 aliphatic carbocycles. The number of aromatic nitrogens is 1. The van der Waals surface area contributed by atoms with Crippen LogP contribution in [0.3, 0.4) is 0 Å². The molecule has 1 aromatic carbocycles. The van der Waals surface area contributed by atoms with Gasteiger partial charge in [-0.2, -0.15) is 5.26 Å². The van der Waals surface area contributed by atoms with Gasteiger partial charge in [-0.15, -0.1) is 0 Å². The van der Waals surface area contributed by atoms with E-state index >= 15 is 0 Å². The largest absolute Gasteiger partial charge is 0.360 e. The number of hydrogen-bond acceptors (Lipinski definition) is 1. The van der Waals surface area contributed by atoms with Crippen molar-refractivity contribution in [2.75, 3.05) is 0 Å². The Morgan fingerprint density at radius 2 is 2.00 bits per heavy atom. The van der Waals surface area contributed by atoms with Crippen LogP contribution in [0.5, 0.6) is 0 Å². The molecule has 0 spiro atoms. The zero-order valence-corrected chi connectivity index (χ0v) is 9.10. The van der Waals surface area contributed by atoms with Gasteiger partial charge in [-0.3, -0.25) is 0 Å². The average Bonchev–Trinajstić information content (AvgIpc) is 2.65. The lowest BCUT2D eigenvalue weighted by Gasteiger charge is -2.02. The van der Waals surface area contributed by atoms with Crippen LogP contribution in [-0.4, -0.2) is 4.98 Å². The highest BCUT2D eigenvalue weighted by molar-refractivity contribution is 6.36. The molecule has 0 radical (unpaired) electrons. The molecule has 2 aromatic rings. The molecule has 1 heterocycles. The minimum atomic E-state index is 0.529. The molecule has 0 unspecified atom stereocenters. The summed E-state index contributed by atoms with van der Waals surface area (Å²) in [6.45, 7) is 0. The van der Waals surface area contributed by atoms with Crippen LogP contribution in [0.15, 0.2) is 30.5 Å². The van der Waals surface area contributed by atoms with E-state index in [9.17, 15) is 0 Å². The standard InChI is InChI=1S/C11H6Cl2N2/c12-8-1-2-9(10(13)5-8)11-7(6-14)3-4-15-11/h1-5,15H. The molecule has 4 heteroatoms. The molecule has 74 valence electrons. The summed E-state index contributed by atoms with van der Waals surface area (Å²) in [7, 11) is 0. The van der Waals surface area contributed by atoms with Crippen molar-refractivity contribution in [3.8, 4) is 17.3 Å². The van der Waals surface area contributed by atoms with Crippen LogP contribution in [0.25, 0.3) is 11.3 Å². The molecule has 1 N–H and O–H groups in total. The maximum absolute atomic E-state index is 8.87. The molecule has 2 rings (SSSR count). The molecular formula is C11H6Cl2N2. The van der Waals surface area contributed by atoms with Crippen molar-refractivity contribution in [3.05, 3.63) is 46.1 Å². The molecule has 0 aliphatic rings. The summed E-state index contributed by atoms with van der Waals surface area (Å²) in [4.78, 5) is 2.98. The minimum absolute atomic E-state index is 0.529. The lowest BCUT2D eigenvalue weighted by atomic mass is 10.1. The Kier molecular flexibility index (Phi) is 2.68. The highest BCUT2D eigenvalue weighted by Crippen LogP contribution is 2.31. The predicted molar refractivity (Wildman–Crippen MR) is 61.0 cm³/mol. The van der Waals surface area contributed by atoms with Gasteiger partial charge in [0, 0.05) is 16.8 Å². The van der Waals surface area contributed by atoms with Gasteiger partial charge in [0.2, 0.25) is 0 Å². The van der Waals surface area contributed by atoms with Crippen molar-refractivity contribution in [2.45, 2.75) is 0 Å². The van der Waals surface area contributed by atoms with Crippen LogP contribution in [0.1, 0.15) is 5.56 Å². The molecule has 0 amide bonds. The molecule has 0 atom stereocenters. The fourth-order valence-electron chi connectivity index (χ4n) is 1.38. The van der Waals surface area contributed by atoms with Gasteiger partial charge in [0.25, 0.3) is 0 Å². The van der Waals surface area contributed by atoms with E-state index in [1.165, 1.54) is 0 Å². The maximum atomic E-state index is 8.87. The third-order valence-electron chi connectivity index (χ3n) is 2.07. The van der Waals surface area contributed by atoms with Crippen molar-refractivity contribution < 1.29 is 0 Å². The van der Waals surface area contributed by atoms with Gasteiger partial charge < -0.3 is 4.98 Å². The number of halogens is 2. The minimum Gasteiger partial charge on any atom is -0.360 e. The summed E-state index contributed by atoms with van der Waals surface area (Å²) in [5.41, 5.74) is 2.07. The number of nitriles is 1. The van der Waals surface area contributed by atoms with E-state index in [1.807, 2.05) is 0 Å². The third-order valence-corrected chi connectivity index (χ3v) is 2.62. The molecule has 1 aromatic heterocycles. The first-order chi connectivity index (χ1) is 7.22. The van der Waals surface area contributed by atoms with Gasteiger partial charge in [-0.25, -0.2) is 0 Å². The molecular weight excluding hydrogens is 231 g/mol. The zero-order valence-electron chi connectivity index (χ0n) is 7.59. The lowest BCUT2D eigenvalue weighted by molar-refractivity contribution is 1.39. The Morgan fingerprint density at radius 1 is 1.20 bits per heavy atom. The van der Waals surface area contributed by atoms with Crippen molar-refractivity contribution in [3.63, 3.8) is 0 Å². The van der Waals surface area contributed by atoms with Crippen molar-refractivity contribution in [2.24, 2.45) is 0 Å². The summed E-state index contributed by atoms with van der Waals surface area (Å²) in [5, 5.41) is 9.98. The first-order valence-corrected chi connectivity index (χ1v) is 5.01. The van der Waals surface area contributed by atoms with Gasteiger partial charge in [0.05, 0.1) is 16.3 Å². The van der Waals surface area contributed by atoms with Crippen LogP contribution >= 0.6 is 23.2 Å². The Hall–Kier alpha value is -1.43. The average molecular weight is 237 g/mol. The number of nitrogens with zero attached hydrogens (tertiary/aromatic N) is 1. The second kappa shape index (κ2) is 3.98. The van der Waals surface area contributed by atoms with E-state index in [-0.39, 0.29) is 0 Å². The number of hydrogen-bond donors (Lipinski definition) is 1. The Labute approximate surface area is 97.1 Å². The first kappa shape index (κ1) is 10.1. The number of aromatic amines is 1. The van der Waals surface area contributed by atoms with E-state index in [0.717, 1.165) is 11.3 Å². The molecule has 0 saturated heterocycles. The summed E-state index contributed by atoms with van der Waals surface area (Å²) >= 11 is 11.8. The first-order valence-electron chi connectivity index (χ1n) is 4.25. The molecule has 15 heavy (non-hydrogen) atoms. The lowest BCUT2D eigenvalue weighted by Crippen LogP contribution is -1.82. The van der Waals surface area contributed by atoms with Crippen LogP contribution in [0.4, 0.5) is 0 Å². The van der Waals surface area contributed by atoms with Crippen molar-refractivity contribution in [1.29, 1.82) is 5.26 Å². The van der Waals surface area contributed by atoms with Crippen LogP contribution < -0.4 is 0 Å². The zero-order chi connectivity index (χ0) is 10.8. The SMILES string of the molecule is N#Cc1cc[nH]c1-c1ccc(Cl)cc1Cl. The van der Waals surface area contributed by atoms with Gasteiger partial charge in [0.1, 0.15) is 6.07 Å². The summed E-state index contributed by atoms with van der Waals surface area (Å²) in [6, 6.07) is 8.98. The quantitative estimate of drug-likeness (QED) is 0.803. The number of H-pyrrole nitrogens is 1. The number of rotatable bonds is 1. The fraction of sp³-hybridized carbons (Fsp3) is 0. The normalized spacial score (nSPS) is 9.93. The highest BCUT2D eigenvalue weighted by Gasteiger charge is 2.09. The monoisotopic (exact) mass is 236 g/mol. The van der Waals surface area contributed by atoms with Gasteiger partial charge in [-0.05, 0) is 24.3 Å². The second-order valence-electron chi connectivity index (χ2n) is 3.00. The summed E-state index contributed by atoms with van der Waals surface area (Å²) in [6.07, 6.45) is 1.71. The van der Waals surface area contributed by atoms with E-state index in [1.54, 1.807) is 30.5 Å². The smallest absolute Gasteiger partial charge is 0.101 e. The predicted octanol–water partition coefficient (Wildman–Crippen LogP) is 3.86. The topological polar surface area (TPSA) is 39.6 Å². The Bertz CT molecular complexity index is 538. The fourth-order valence-corrected chi connectivity index (χ4v) is 1.88. The van der Waals surface area contributed by atoms with E-state index < -0.39 is 0 Å². The van der Waals surface area contributed by atoms with Crippen molar-refractivity contribution in [1.82, 2.24) is 4.98 Å². The molecule has 2 nitrogen and oxygen atoms in total. The van der Waals surface area contributed by atoms with E-state index in [2.05, 4.69) is 11.1 Å². The maximum Gasteiger partial charge on any atom is 0.101 e. The number of benzene rings is 1. The van der Waals surface area contributed by atoms with Crippen LogP contribution in [0, 0.1) is 11.3 Å². The molecule has 0 aliphatic heterocycles. The van der Waals surface area contributed by atoms with Gasteiger partial charge >= 0.3 is 0 Å². The van der Waals surface area contributed by atoms with Crippen LogP contribution in [0.2, 0.25) is 10.0 Å². The highest BCUT2D eigenvalue weighted by atomic mass is 35.5. The molecule has 0 bridgehead atoms. The van der Waals surface area contributed by atoms with Crippen LogP contribution in [-0.2, 0) is 0 Å². The summed E-state index contributed by atoms with van der Waals surface area (Å²) < 4.78 is 0. The van der Waals surface area contributed by atoms with Gasteiger partial charge in [-0.1, -0.05) is 23.2 Å². The molecule has 0 saturated carbocycles. The van der Waals surface area contributed by atoms with Gasteiger partial charge in [0.15, 0.2) is 0 Å². The Balaban J connectivity index is 2.60. The van der Waals surface area contributed by atoms with E-state index in [0.29, 0.717) is 15.6 Å². The third kappa shape index (κ3) is 1.85. The van der Waals surface area contributed by atoms with E-state index in [4.69, 9.17) is 28.5 Å². The van der Waals surface area contributed by atoms with Crippen molar-refractivity contribution >= 4 is 23.2 Å².